The minimum Gasteiger partial charge on any atom is -0.449 e. The quantitative estimate of drug-likeness (QED) is 0.347. The molecule has 2 unspecified atom stereocenters. The summed E-state index contributed by atoms with van der Waals surface area (Å²) in [4.78, 5) is 35.8. The molecule has 0 aromatic carbocycles. The number of hydrogen-bond acceptors (Lipinski definition) is 9. The zero-order valence-electron chi connectivity index (χ0n) is 25.5. The van der Waals surface area contributed by atoms with E-state index in [4.69, 9.17) is 23.9 Å². The molecular formula is C30H50N6O6. The van der Waals surface area contributed by atoms with E-state index in [-0.39, 0.29) is 17.9 Å². The molecule has 4 rings (SSSR count). The molecule has 236 valence electrons. The van der Waals surface area contributed by atoms with E-state index < -0.39 is 17.7 Å². The van der Waals surface area contributed by atoms with Gasteiger partial charge in [-0.2, -0.15) is 5.26 Å². The summed E-state index contributed by atoms with van der Waals surface area (Å²) in [5.41, 5.74) is -0.946. The molecule has 1 saturated carbocycles. The number of nitrogens with zero attached hydrogens (tertiary/aromatic N) is 4. The van der Waals surface area contributed by atoms with Crippen LogP contribution >= 0.6 is 0 Å². The average Bonchev–Trinajstić information content (AvgIpc) is 3.00. The summed E-state index contributed by atoms with van der Waals surface area (Å²) in [5.74, 6) is 0.659. The predicted octanol–water partition coefficient (Wildman–Crippen LogP) is 2.29. The highest BCUT2D eigenvalue weighted by molar-refractivity contribution is 5.96. The first-order valence-electron chi connectivity index (χ1n) is 15.8. The van der Waals surface area contributed by atoms with Gasteiger partial charge < -0.3 is 34.1 Å². The van der Waals surface area contributed by atoms with E-state index in [1.165, 1.54) is 6.42 Å². The molecule has 0 aromatic heterocycles. The van der Waals surface area contributed by atoms with Gasteiger partial charge in [0.1, 0.15) is 11.6 Å². The lowest BCUT2D eigenvalue weighted by Gasteiger charge is -2.39. The van der Waals surface area contributed by atoms with Crippen molar-refractivity contribution in [3.05, 3.63) is 0 Å². The molecule has 2 bridgehead atoms. The smallest absolute Gasteiger partial charge is 0.413 e. The van der Waals surface area contributed by atoms with Crippen LogP contribution in [0.5, 0.6) is 0 Å². The van der Waals surface area contributed by atoms with Crippen LogP contribution in [-0.4, -0.2) is 118 Å². The first kappa shape index (κ1) is 32.5. The van der Waals surface area contributed by atoms with Crippen molar-refractivity contribution < 1.29 is 28.5 Å². The van der Waals surface area contributed by atoms with Gasteiger partial charge in [0.05, 0.1) is 45.2 Å². The second kappa shape index (κ2) is 16.4. The Bertz CT molecular complexity index is 943. The molecule has 12 heteroatoms. The topological polar surface area (TPSA) is 138 Å². The van der Waals surface area contributed by atoms with Gasteiger partial charge in [-0.05, 0) is 37.5 Å². The number of aliphatic imine (C=N–C) groups is 1. The van der Waals surface area contributed by atoms with Crippen molar-refractivity contribution in [1.29, 1.82) is 5.26 Å². The van der Waals surface area contributed by atoms with Crippen molar-refractivity contribution in [2.24, 2.45) is 16.8 Å². The van der Waals surface area contributed by atoms with Crippen LogP contribution in [0.25, 0.3) is 0 Å². The standard InChI is InChI=1S/C30H50N6O6/c1-23-18-25-20-36(13-15-41-25)28(33-29(38)42-21-23)32-26(19-24-6-4-3-5-7-24)27(37)34-30(22-31)8-10-35(11-9-30)12-14-40-17-16-39-2/h23-26H,3-21H2,1-2H3,(H,34,37)(H,32,33,38)/t23?,25?,26-/m0/s1. The number of nitrogens with one attached hydrogen (secondary N) is 2. The van der Waals surface area contributed by atoms with Crippen LogP contribution < -0.4 is 10.6 Å². The molecule has 2 N–H and O–H groups in total. The Labute approximate surface area is 250 Å². The number of guanidine groups is 1. The number of hydrogen-bond donors (Lipinski definition) is 2. The van der Waals surface area contributed by atoms with Crippen molar-refractivity contribution in [3.8, 4) is 6.07 Å². The van der Waals surface area contributed by atoms with Gasteiger partial charge in [-0.3, -0.25) is 10.1 Å². The fraction of sp³-hybridized carbons (Fsp3) is 0.867. The molecule has 3 saturated heterocycles. The molecule has 3 atom stereocenters. The zero-order chi connectivity index (χ0) is 29.8. The Morgan fingerprint density at radius 2 is 2.00 bits per heavy atom. The number of methoxy groups -OCH3 is 1. The minimum absolute atomic E-state index is 0.000550. The molecule has 1 aliphatic carbocycles. The third-order valence-corrected chi connectivity index (χ3v) is 8.95. The van der Waals surface area contributed by atoms with E-state index in [0.29, 0.717) is 90.4 Å². The number of fused-ring (bicyclic) bond motifs is 2. The molecule has 42 heavy (non-hydrogen) atoms. The van der Waals surface area contributed by atoms with Gasteiger partial charge in [-0.1, -0.05) is 39.0 Å². The van der Waals surface area contributed by atoms with E-state index in [0.717, 1.165) is 38.6 Å². The summed E-state index contributed by atoms with van der Waals surface area (Å²) >= 11 is 0. The van der Waals surface area contributed by atoms with Crippen LogP contribution in [0, 0.1) is 23.2 Å². The molecular weight excluding hydrogens is 540 g/mol. The number of morpholine rings is 1. The number of carbonyl (C=O) groups excluding carboxylic acids is 2. The number of cyclic esters (lactones) is 1. The highest BCUT2D eigenvalue weighted by Gasteiger charge is 2.39. The maximum Gasteiger partial charge on any atom is 0.413 e. The summed E-state index contributed by atoms with van der Waals surface area (Å²) in [6, 6.07) is 1.70. The van der Waals surface area contributed by atoms with Gasteiger partial charge >= 0.3 is 6.09 Å². The Morgan fingerprint density at radius 1 is 1.21 bits per heavy atom. The van der Waals surface area contributed by atoms with Crippen LogP contribution in [0.3, 0.4) is 0 Å². The van der Waals surface area contributed by atoms with Crippen molar-refractivity contribution >= 4 is 18.0 Å². The monoisotopic (exact) mass is 590 g/mol. The average molecular weight is 591 g/mol. The molecule has 0 aromatic rings. The molecule has 2 amide bonds. The normalized spacial score (nSPS) is 27.4. The summed E-state index contributed by atoms with van der Waals surface area (Å²) in [5, 5.41) is 16.2. The number of likely N-dealkylation sites (tertiary alicyclic amines) is 1. The van der Waals surface area contributed by atoms with Crippen LogP contribution in [-0.2, 0) is 23.7 Å². The molecule has 0 radical (unpaired) electrons. The number of carbonyl (C=O) groups is 2. The fourth-order valence-corrected chi connectivity index (χ4v) is 6.39. The zero-order valence-corrected chi connectivity index (χ0v) is 25.5. The van der Waals surface area contributed by atoms with Gasteiger partial charge in [0.25, 0.3) is 0 Å². The number of amides is 2. The van der Waals surface area contributed by atoms with Crippen molar-refractivity contribution in [3.63, 3.8) is 0 Å². The van der Waals surface area contributed by atoms with E-state index in [1.807, 2.05) is 11.8 Å². The van der Waals surface area contributed by atoms with Gasteiger partial charge in [0.2, 0.25) is 11.9 Å². The summed E-state index contributed by atoms with van der Waals surface area (Å²) in [6.45, 7) is 7.93. The number of piperidine rings is 1. The van der Waals surface area contributed by atoms with Gasteiger partial charge in [0.15, 0.2) is 0 Å². The van der Waals surface area contributed by atoms with Crippen molar-refractivity contribution in [2.75, 3.05) is 72.9 Å². The molecule has 12 nitrogen and oxygen atoms in total. The maximum absolute atomic E-state index is 13.9. The summed E-state index contributed by atoms with van der Waals surface area (Å²) < 4.78 is 22.1. The lowest BCUT2D eigenvalue weighted by atomic mass is 9.84. The molecule has 3 aliphatic heterocycles. The number of alkyl carbamates (subject to hydrolysis) is 1. The molecule has 4 fully saturated rings. The maximum atomic E-state index is 13.9. The second-order valence-corrected chi connectivity index (χ2v) is 12.3. The number of rotatable bonds is 11. The van der Waals surface area contributed by atoms with Crippen molar-refractivity contribution in [1.82, 2.24) is 20.4 Å². The third kappa shape index (κ3) is 9.79. The van der Waals surface area contributed by atoms with Crippen molar-refractivity contribution in [2.45, 2.75) is 82.4 Å². The molecule has 3 heterocycles. The second-order valence-electron chi connectivity index (χ2n) is 12.3. The predicted molar refractivity (Wildman–Crippen MR) is 157 cm³/mol. The number of ether oxygens (including phenoxy) is 4. The molecule has 4 aliphatic rings. The summed E-state index contributed by atoms with van der Waals surface area (Å²) in [7, 11) is 1.65. The first-order valence-corrected chi connectivity index (χ1v) is 15.8. The highest BCUT2D eigenvalue weighted by Crippen LogP contribution is 2.29. The first-order chi connectivity index (χ1) is 20.4. The van der Waals surface area contributed by atoms with Gasteiger partial charge in [0, 0.05) is 39.8 Å². The third-order valence-electron chi connectivity index (χ3n) is 8.95. The summed E-state index contributed by atoms with van der Waals surface area (Å²) in [6.07, 6.45) is 7.52. The fourth-order valence-electron chi connectivity index (χ4n) is 6.39. The Hall–Kier alpha value is -2.46. The van der Waals surface area contributed by atoms with Crippen LogP contribution in [0.15, 0.2) is 4.99 Å². The highest BCUT2D eigenvalue weighted by atomic mass is 16.5. The van der Waals surface area contributed by atoms with Crippen LogP contribution in [0.4, 0.5) is 4.79 Å². The van der Waals surface area contributed by atoms with Gasteiger partial charge in [-0.15, -0.1) is 0 Å². The largest absolute Gasteiger partial charge is 0.449 e. The molecule has 0 spiro atoms. The SMILES string of the molecule is COCCOCCN1CCC(C#N)(NC(=O)[C@H](CC2CCCCC2)N=C2NC(=O)OCC(C)CC3CN2CCO3)CC1. The minimum atomic E-state index is -0.946. The Morgan fingerprint density at radius 3 is 2.74 bits per heavy atom. The van der Waals surface area contributed by atoms with E-state index in [2.05, 4.69) is 21.6 Å². The van der Waals surface area contributed by atoms with Crippen LogP contribution in [0.1, 0.15) is 64.7 Å². The lowest BCUT2D eigenvalue weighted by molar-refractivity contribution is -0.124. The van der Waals surface area contributed by atoms with Gasteiger partial charge in [-0.25, -0.2) is 9.79 Å². The Balaban J connectivity index is 1.46. The lowest BCUT2D eigenvalue weighted by Crippen LogP contribution is -2.57. The van der Waals surface area contributed by atoms with Crippen LogP contribution in [0.2, 0.25) is 0 Å². The van der Waals surface area contributed by atoms with E-state index in [9.17, 15) is 14.9 Å². The van der Waals surface area contributed by atoms with E-state index >= 15 is 0 Å². The number of nitriles is 1. The van der Waals surface area contributed by atoms with E-state index in [1.54, 1.807) is 7.11 Å². The Kier molecular flexibility index (Phi) is 12.7.